The van der Waals surface area contributed by atoms with Gasteiger partial charge in [-0.15, -0.1) is 0 Å². The average molecular weight is 258 g/mol. The Kier molecular flexibility index (Phi) is 6.73. The first-order valence-electron chi connectivity index (χ1n) is 6.57. The lowest BCUT2D eigenvalue weighted by Gasteiger charge is -2.26. The van der Waals surface area contributed by atoms with E-state index in [2.05, 4.69) is 24.5 Å². The van der Waals surface area contributed by atoms with E-state index in [1.807, 2.05) is 6.92 Å². The predicted molar refractivity (Wildman–Crippen MR) is 71.5 cm³/mol. The van der Waals surface area contributed by atoms with Crippen LogP contribution in [-0.4, -0.2) is 28.7 Å². The summed E-state index contributed by atoms with van der Waals surface area (Å²) in [6.45, 7) is 9.40. The van der Waals surface area contributed by atoms with Crippen molar-refractivity contribution in [2.45, 2.75) is 65.5 Å². The van der Waals surface area contributed by atoms with Crippen LogP contribution in [-0.2, 0) is 4.79 Å². The van der Waals surface area contributed by atoms with Gasteiger partial charge in [-0.2, -0.15) is 0 Å². The lowest BCUT2D eigenvalue weighted by molar-refractivity contribution is -0.143. The molecule has 0 aliphatic carbocycles. The highest BCUT2D eigenvalue weighted by Gasteiger charge is 2.32. The SMILES string of the molecule is CCC(C)CC(C)NC(=O)NC(C)(CC)C(=O)O. The first kappa shape index (κ1) is 16.7. The quantitative estimate of drug-likeness (QED) is 0.656. The Bertz CT molecular complexity index is 294. The van der Waals surface area contributed by atoms with Crippen LogP contribution in [0.25, 0.3) is 0 Å². The highest BCUT2D eigenvalue weighted by atomic mass is 16.4. The molecular formula is C13H26N2O3. The van der Waals surface area contributed by atoms with Crippen molar-refractivity contribution in [1.29, 1.82) is 0 Å². The van der Waals surface area contributed by atoms with Gasteiger partial charge in [0.15, 0.2) is 0 Å². The van der Waals surface area contributed by atoms with Crippen LogP contribution in [0.3, 0.4) is 0 Å². The van der Waals surface area contributed by atoms with E-state index in [1.165, 1.54) is 6.92 Å². The van der Waals surface area contributed by atoms with Gasteiger partial charge in [0, 0.05) is 6.04 Å². The predicted octanol–water partition coefficient (Wildman–Crippen LogP) is 2.36. The van der Waals surface area contributed by atoms with E-state index in [1.54, 1.807) is 6.92 Å². The number of nitrogens with one attached hydrogen (secondary N) is 2. The summed E-state index contributed by atoms with van der Waals surface area (Å²) in [4.78, 5) is 22.8. The Hall–Kier alpha value is -1.26. The molecule has 0 radical (unpaired) electrons. The molecule has 3 N–H and O–H groups in total. The van der Waals surface area contributed by atoms with Crippen molar-refractivity contribution >= 4 is 12.0 Å². The molecule has 0 aromatic carbocycles. The molecule has 0 fully saturated rings. The Balaban J connectivity index is 4.30. The molecule has 0 aliphatic heterocycles. The minimum atomic E-state index is -1.21. The van der Waals surface area contributed by atoms with Crippen molar-refractivity contribution in [3.8, 4) is 0 Å². The molecule has 106 valence electrons. The van der Waals surface area contributed by atoms with Crippen molar-refractivity contribution in [3.63, 3.8) is 0 Å². The zero-order chi connectivity index (χ0) is 14.3. The molecule has 0 heterocycles. The minimum absolute atomic E-state index is 0.0369. The highest BCUT2D eigenvalue weighted by Crippen LogP contribution is 2.11. The van der Waals surface area contributed by atoms with E-state index in [0.29, 0.717) is 12.3 Å². The van der Waals surface area contributed by atoms with E-state index in [0.717, 1.165) is 12.8 Å². The Morgan fingerprint density at radius 3 is 2.22 bits per heavy atom. The van der Waals surface area contributed by atoms with Gasteiger partial charge in [-0.05, 0) is 32.6 Å². The second-order valence-corrected chi connectivity index (χ2v) is 5.24. The number of rotatable bonds is 7. The average Bonchev–Trinajstić information content (AvgIpc) is 2.27. The molecule has 0 aromatic heterocycles. The van der Waals surface area contributed by atoms with Gasteiger partial charge in [0.1, 0.15) is 5.54 Å². The lowest BCUT2D eigenvalue weighted by atomic mass is 9.99. The first-order valence-corrected chi connectivity index (χ1v) is 6.57. The second kappa shape index (κ2) is 7.24. The number of urea groups is 1. The fourth-order valence-electron chi connectivity index (χ4n) is 1.63. The normalized spacial score (nSPS) is 17.4. The fraction of sp³-hybridized carbons (Fsp3) is 0.846. The van der Waals surface area contributed by atoms with Gasteiger partial charge >= 0.3 is 12.0 Å². The molecule has 0 aliphatic rings. The lowest BCUT2D eigenvalue weighted by Crippen LogP contribution is -2.56. The minimum Gasteiger partial charge on any atom is -0.480 e. The number of carbonyl (C=O) groups excluding carboxylic acids is 1. The molecule has 5 nitrogen and oxygen atoms in total. The number of hydrogen-bond donors (Lipinski definition) is 3. The third-order valence-electron chi connectivity index (χ3n) is 3.40. The van der Waals surface area contributed by atoms with Crippen molar-refractivity contribution in [3.05, 3.63) is 0 Å². The monoisotopic (exact) mass is 258 g/mol. The summed E-state index contributed by atoms with van der Waals surface area (Å²) < 4.78 is 0. The third-order valence-corrected chi connectivity index (χ3v) is 3.40. The number of carbonyl (C=O) groups is 2. The van der Waals surface area contributed by atoms with E-state index >= 15 is 0 Å². The summed E-state index contributed by atoms with van der Waals surface area (Å²) in [5.41, 5.74) is -1.21. The van der Waals surface area contributed by atoms with E-state index in [9.17, 15) is 9.59 Å². The summed E-state index contributed by atoms with van der Waals surface area (Å²) in [5.74, 6) is -0.480. The third kappa shape index (κ3) is 5.38. The molecule has 0 saturated heterocycles. The van der Waals surface area contributed by atoms with Gasteiger partial charge < -0.3 is 15.7 Å². The number of amides is 2. The summed E-state index contributed by atoms with van der Waals surface area (Å²) >= 11 is 0. The summed E-state index contributed by atoms with van der Waals surface area (Å²) in [7, 11) is 0. The van der Waals surface area contributed by atoms with Crippen LogP contribution in [0.1, 0.15) is 53.9 Å². The highest BCUT2D eigenvalue weighted by molar-refractivity contribution is 5.85. The van der Waals surface area contributed by atoms with Gasteiger partial charge in [0.2, 0.25) is 0 Å². The van der Waals surface area contributed by atoms with Crippen LogP contribution in [0.4, 0.5) is 4.79 Å². The van der Waals surface area contributed by atoms with Crippen LogP contribution in [0, 0.1) is 5.92 Å². The van der Waals surface area contributed by atoms with Crippen LogP contribution in [0.2, 0.25) is 0 Å². The molecule has 0 spiro atoms. The van der Waals surface area contributed by atoms with Gasteiger partial charge in [-0.25, -0.2) is 9.59 Å². The van der Waals surface area contributed by atoms with Gasteiger partial charge in [0.05, 0.1) is 0 Å². The summed E-state index contributed by atoms with van der Waals surface area (Å²) in [5, 5.41) is 14.3. The van der Waals surface area contributed by atoms with Gasteiger partial charge in [-0.3, -0.25) is 0 Å². The Morgan fingerprint density at radius 2 is 1.83 bits per heavy atom. The van der Waals surface area contributed by atoms with E-state index in [4.69, 9.17) is 5.11 Å². The standard InChI is InChI=1S/C13H26N2O3/c1-6-9(3)8-10(4)14-12(18)15-13(5,7-2)11(16)17/h9-10H,6-8H2,1-5H3,(H,16,17)(H2,14,15,18). The molecule has 0 aromatic rings. The molecule has 0 rings (SSSR count). The number of aliphatic carboxylic acids is 1. The maximum absolute atomic E-state index is 11.7. The van der Waals surface area contributed by atoms with Crippen molar-refractivity contribution < 1.29 is 14.7 Å². The largest absolute Gasteiger partial charge is 0.480 e. The van der Waals surface area contributed by atoms with Crippen LogP contribution in [0.15, 0.2) is 0 Å². The first-order chi connectivity index (χ1) is 8.25. The topological polar surface area (TPSA) is 78.4 Å². The zero-order valence-corrected chi connectivity index (χ0v) is 12.0. The fourth-order valence-corrected chi connectivity index (χ4v) is 1.63. The number of carboxylic acid groups (broad SMARTS) is 1. The van der Waals surface area contributed by atoms with E-state index < -0.39 is 17.5 Å². The Morgan fingerprint density at radius 1 is 1.28 bits per heavy atom. The zero-order valence-electron chi connectivity index (χ0n) is 12.0. The number of carboxylic acids is 1. The smallest absolute Gasteiger partial charge is 0.329 e. The molecular weight excluding hydrogens is 232 g/mol. The molecule has 2 amide bonds. The van der Waals surface area contributed by atoms with Crippen molar-refractivity contribution in [1.82, 2.24) is 10.6 Å². The van der Waals surface area contributed by atoms with Crippen LogP contribution >= 0.6 is 0 Å². The molecule has 3 atom stereocenters. The number of hydrogen-bond acceptors (Lipinski definition) is 2. The maximum Gasteiger partial charge on any atom is 0.329 e. The molecule has 0 bridgehead atoms. The Labute approximate surface area is 109 Å². The summed E-state index contributed by atoms with van der Waals surface area (Å²) in [6, 6.07) is -0.382. The maximum atomic E-state index is 11.7. The second-order valence-electron chi connectivity index (χ2n) is 5.24. The van der Waals surface area contributed by atoms with Crippen molar-refractivity contribution in [2.24, 2.45) is 5.92 Å². The molecule has 0 saturated carbocycles. The molecule has 3 unspecified atom stereocenters. The molecule has 5 heteroatoms. The summed E-state index contributed by atoms with van der Waals surface area (Å²) in [6.07, 6.45) is 2.30. The van der Waals surface area contributed by atoms with Crippen molar-refractivity contribution in [2.75, 3.05) is 0 Å². The van der Waals surface area contributed by atoms with Crippen LogP contribution < -0.4 is 10.6 Å². The van der Waals surface area contributed by atoms with Gasteiger partial charge in [0.25, 0.3) is 0 Å². The van der Waals surface area contributed by atoms with E-state index in [-0.39, 0.29) is 6.04 Å². The van der Waals surface area contributed by atoms with Crippen LogP contribution in [0.5, 0.6) is 0 Å². The molecule has 18 heavy (non-hydrogen) atoms. The van der Waals surface area contributed by atoms with Gasteiger partial charge in [-0.1, -0.05) is 27.2 Å².